The first-order valence-electron chi connectivity index (χ1n) is 12.5. The second kappa shape index (κ2) is 10.9. The topological polar surface area (TPSA) is 46.9 Å². The van der Waals surface area contributed by atoms with Crippen molar-refractivity contribution < 1.29 is 10.2 Å². The van der Waals surface area contributed by atoms with E-state index in [0.29, 0.717) is 13.1 Å². The molecule has 0 aliphatic carbocycles. The zero-order valence-corrected chi connectivity index (χ0v) is 19.8. The number of hydrogen-bond donors (Lipinski definition) is 2. The Hall–Kier alpha value is -1.72. The molecule has 0 aromatic heterocycles. The summed E-state index contributed by atoms with van der Waals surface area (Å²) in [5.41, 5.74) is 4.24. The molecule has 32 heavy (non-hydrogen) atoms. The summed E-state index contributed by atoms with van der Waals surface area (Å²) < 4.78 is 0. The Labute approximate surface area is 193 Å². The molecule has 2 heterocycles. The van der Waals surface area contributed by atoms with Crippen LogP contribution in [0.4, 0.5) is 0 Å². The maximum absolute atomic E-state index is 10.7. The van der Waals surface area contributed by atoms with Crippen LogP contribution in [-0.4, -0.2) is 59.3 Å². The van der Waals surface area contributed by atoms with Crippen LogP contribution >= 0.6 is 0 Å². The number of benzene rings is 2. The highest BCUT2D eigenvalue weighted by molar-refractivity contribution is 5.64. The maximum atomic E-state index is 10.7. The molecule has 4 heteroatoms. The molecule has 2 fully saturated rings. The van der Waals surface area contributed by atoms with Gasteiger partial charge in [-0.1, -0.05) is 62.4 Å². The summed E-state index contributed by atoms with van der Waals surface area (Å²) in [6.45, 7) is 10.4. The van der Waals surface area contributed by atoms with Crippen LogP contribution in [0.3, 0.4) is 0 Å². The Bertz CT molecular complexity index is 748. The lowest BCUT2D eigenvalue weighted by Gasteiger charge is -2.31. The molecule has 0 saturated carbocycles. The predicted molar refractivity (Wildman–Crippen MR) is 131 cm³/mol. The summed E-state index contributed by atoms with van der Waals surface area (Å²) in [6, 6.07) is 16.6. The van der Waals surface area contributed by atoms with Gasteiger partial charge in [-0.3, -0.25) is 0 Å². The van der Waals surface area contributed by atoms with E-state index in [1.807, 2.05) is 24.3 Å². The first kappa shape index (κ1) is 23.4. The molecule has 2 unspecified atom stereocenters. The fourth-order valence-corrected chi connectivity index (χ4v) is 4.98. The Kier molecular flexibility index (Phi) is 8.01. The lowest BCUT2D eigenvalue weighted by atomic mass is 9.97. The highest BCUT2D eigenvalue weighted by Gasteiger charge is 2.20. The van der Waals surface area contributed by atoms with Crippen LogP contribution in [0, 0.1) is 11.8 Å². The standard InChI is InChI=1S/C28H40N2O2/c1-21-11-15-29(16-12-21)19-27(31)25-7-3-23(4-8-25)24-5-9-26(10-6-24)28(32)20-30-17-13-22(2)14-18-30/h3-10,21-22,27-28,31-32H,11-20H2,1-2H3. The van der Waals surface area contributed by atoms with Gasteiger partial charge < -0.3 is 20.0 Å². The summed E-state index contributed by atoms with van der Waals surface area (Å²) in [4.78, 5) is 4.76. The molecule has 0 spiro atoms. The second-order valence-electron chi connectivity index (χ2n) is 10.2. The van der Waals surface area contributed by atoms with E-state index in [4.69, 9.17) is 0 Å². The third-order valence-corrected chi connectivity index (χ3v) is 7.54. The summed E-state index contributed by atoms with van der Waals surface area (Å²) in [7, 11) is 0. The van der Waals surface area contributed by atoms with Crippen LogP contribution in [-0.2, 0) is 0 Å². The molecule has 4 rings (SSSR count). The average Bonchev–Trinajstić information content (AvgIpc) is 2.82. The predicted octanol–water partition coefficient (Wildman–Crippen LogP) is 4.88. The number of piperidine rings is 2. The first-order valence-corrected chi connectivity index (χ1v) is 12.5. The van der Waals surface area contributed by atoms with Gasteiger partial charge in [-0.05, 0) is 86.0 Å². The molecule has 0 bridgehead atoms. The van der Waals surface area contributed by atoms with Gasteiger partial charge in [-0.25, -0.2) is 0 Å². The number of aliphatic hydroxyl groups is 2. The van der Waals surface area contributed by atoms with Crippen molar-refractivity contribution >= 4 is 0 Å². The molecule has 0 radical (unpaired) electrons. The zero-order valence-electron chi connectivity index (χ0n) is 19.8. The number of nitrogens with zero attached hydrogens (tertiary/aromatic N) is 2. The Morgan fingerprint density at radius 1 is 0.625 bits per heavy atom. The van der Waals surface area contributed by atoms with Gasteiger partial charge in [0.05, 0.1) is 12.2 Å². The van der Waals surface area contributed by atoms with Crippen LogP contribution in [0.5, 0.6) is 0 Å². The molecule has 0 amide bonds. The number of β-amino-alcohol motifs (C(OH)–C–C–N with tert-alkyl or cyclic N) is 2. The van der Waals surface area contributed by atoms with Crippen molar-refractivity contribution in [3.8, 4) is 11.1 Å². The molecule has 4 nitrogen and oxygen atoms in total. The Morgan fingerprint density at radius 3 is 1.25 bits per heavy atom. The molecule has 2 aromatic carbocycles. The number of rotatable bonds is 7. The van der Waals surface area contributed by atoms with Crippen molar-refractivity contribution in [3.63, 3.8) is 0 Å². The van der Waals surface area contributed by atoms with Crippen LogP contribution in [0.15, 0.2) is 48.5 Å². The van der Waals surface area contributed by atoms with E-state index >= 15 is 0 Å². The quantitative estimate of drug-likeness (QED) is 0.649. The Balaban J connectivity index is 1.31. The van der Waals surface area contributed by atoms with E-state index in [1.54, 1.807) is 0 Å². The van der Waals surface area contributed by atoms with Crippen LogP contribution in [0.1, 0.15) is 62.9 Å². The van der Waals surface area contributed by atoms with Gasteiger partial charge in [-0.2, -0.15) is 0 Å². The van der Waals surface area contributed by atoms with Crippen molar-refractivity contribution in [1.82, 2.24) is 9.80 Å². The fourth-order valence-electron chi connectivity index (χ4n) is 4.98. The molecular formula is C28H40N2O2. The third-order valence-electron chi connectivity index (χ3n) is 7.54. The third kappa shape index (κ3) is 6.20. The van der Waals surface area contributed by atoms with E-state index < -0.39 is 12.2 Å². The average molecular weight is 437 g/mol. The lowest BCUT2D eigenvalue weighted by Crippen LogP contribution is -2.35. The highest BCUT2D eigenvalue weighted by atomic mass is 16.3. The molecule has 2 N–H and O–H groups in total. The first-order chi connectivity index (χ1) is 15.5. The van der Waals surface area contributed by atoms with E-state index in [1.165, 1.54) is 25.7 Å². The minimum Gasteiger partial charge on any atom is -0.387 e. The van der Waals surface area contributed by atoms with E-state index in [-0.39, 0.29) is 0 Å². The van der Waals surface area contributed by atoms with E-state index in [0.717, 1.165) is 60.3 Å². The van der Waals surface area contributed by atoms with Gasteiger partial charge in [0.15, 0.2) is 0 Å². The molecule has 2 aliphatic heterocycles. The maximum Gasteiger partial charge on any atom is 0.0916 e. The lowest BCUT2D eigenvalue weighted by molar-refractivity contribution is 0.0915. The van der Waals surface area contributed by atoms with Gasteiger partial charge >= 0.3 is 0 Å². The van der Waals surface area contributed by atoms with Crippen molar-refractivity contribution in [2.24, 2.45) is 11.8 Å². The van der Waals surface area contributed by atoms with Gasteiger partial charge in [0.1, 0.15) is 0 Å². The largest absolute Gasteiger partial charge is 0.387 e. The number of aliphatic hydroxyl groups excluding tert-OH is 2. The summed E-state index contributed by atoms with van der Waals surface area (Å²) in [5, 5.41) is 21.3. The monoisotopic (exact) mass is 436 g/mol. The van der Waals surface area contributed by atoms with E-state index in [9.17, 15) is 10.2 Å². The van der Waals surface area contributed by atoms with Crippen molar-refractivity contribution in [3.05, 3.63) is 59.7 Å². The van der Waals surface area contributed by atoms with Crippen LogP contribution < -0.4 is 0 Å². The van der Waals surface area contributed by atoms with Crippen molar-refractivity contribution in [1.29, 1.82) is 0 Å². The normalized spacial score (nSPS) is 21.5. The molecule has 2 aromatic rings. The van der Waals surface area contributed by atoms with Crippen LogP contribution in [0.25, 0.3) is 11.1 Å². The van der Waals surface area contributed by atoms with Crippen molar-refractivity contribution in [2.45, 2.75) is 51.7 Å². The van der Waals surface area contributed by atoms with Gasteiger partial charge in [0, 0.05) is 13.1 Å². The van der Waals surface area contributed by atoms with Crippen molar-refractivity contribution in [2.75, 3.05) is 39.3 Å². The minimum absolute atomic E-state index is 0.437. The van der Waals surface area contributed by atoms with E-state index in [2.05, 4.69) is 47.9 Å². The summed E-state index contributed by atoms with van der Waals surface area (Å²) in [5.74, 6) is 1.62. The summed E-state index contributed by atoms with van der Waals surface area (Å²) in [6.07, 6.45) is 4.04. The second-order valence-corrected chi connectivity index (χ2v) is 10.2. The number of likely N-dealkylation sites (tertiary alicyclic amines) is 2. The molecule has 2 aliphatic rings. The van der Waals surface area contributed by atoms with Gasteiger partial charge in [0.25, 0.3) is 0 Å². The zero-order chi connectivity index (χ0) is 22.5. The molecular weight excluding hydrogens is 396 g/mol. The smallest absolute Gasteiger partial charge is 0.0916 e. The minimum atomic E-state index is -0.437. The fraction of sp³-hybridized carbons (Fsp3) is 0.571. The summed E-state index contributed by atoms with van der Waals surface area (Å²) >= 11 is 0. The molecule has 2 atom stereocenters. The van der Waals surface area contributed by atoms with Crippen LogP contribution in [0.2, 0.25) is 0 Å². The van der Waals surface area contributed by atoms with Gasteiger partial charge in [-0.15, -0.1) is 0 Å². The highest BCUT2D eigenvalue weighted by Crippen LogP contribution is 2.26. The number of hydrogen-bond acceptors (Lipinski definition) is 4. The Morgan fingerprint density at radius 2 is 0.938 bits per heavy atom. The molecule has 174 valence electrons. The van der Waals surface area contributed by atoms with Gasteiger partial charge in [0.2, 0.25) is 0 Å². The molecule has 2 saturated heterocycles. The SMILES string of the molecule is CC1CCN(CC(O)c2ccc(-c3ccc(C(O)CN4CCC(C)CC4)cc3)cc2)CC1.